The van der Waals surface area contributed by atoms with Crippen molar-refractivity contribution in [3.63, 3.8) is 0 Å². The van der Waals surface area contributed by atoms with Gasteiger partial charge in [0.05, 0.1) is 6.04 Å². The molecule has 0 radical (unpaired) electrons. The molecule has 0 N–H and O–H groups in total. The lowest BCUT2D eigenvalue weighted by Gasteiger charge is -2.20. The molecule has 2 saturated heterocycles. The lowest BCUT2D eigenvalue weighted by Crippen LogP contribution is -2.42. The zero-order valence-corrected chi connectivity index (χ0v) is 13.0. The Morgan fingerprint density at radius 1 is 1.30 bits per heavy atom. The van der Waals surface area contributed by atoms with E-state index in [-0.39, 0.29) is 31.1 Å². The molecule has 1 aromatic rings. The van der Waals surface area contributed by atoms with Crippen LogP contribution in [0.3, 0.4) is 0 Å². The van der Waals surface area contributed by atoms with Gasteiger partial charge >= 0.3 is 6.09 Å². The minimum atomic E-state index is -0.633. The van der Waals surface area contributed by atoms with Gasteiger partial charge in [-0.25, -0.2) is 9.69 Å². The van der Waals surface area contributed by atoms with Crippen molar-refractivity contribution in [3.8, 4) is 5.75 Å². The van der Waals surface area contributed by atoms with Crippen LogP contribution in [0.1, 0.15) is 6.42 Å². The van der Waals surface area contributed by atoms with Crippen LogP contribution in [0.25, 0.3) is 0 Å². The minimum absolute atomic E-state index is 0.104. The summed E-state index contributed by atoms with van der Waals surface area (Å²) in [4.78, 5) is 38.0. The van der Waals surface area contributed by atoms with Crippen LogP contribution in [0.15, 0.2) is 24.3 Å². The highest BCUT2D eigenvalue weighted by Crippen LogP contribution is 2.21. The van der Waals surface area contributed by atoms with Gasteiger partial charge in [0, 0.05) is 18.1 Å². The van der Waals surface area contributed by atoms with Gasteiger partial charge in [0.25, 0.3) is 11.8 Å². The molecule has 2 heterocycles. The fourth-order valence-electron chi connectivity index (χ4n) is 2.66. The van der Waals surface area contributed by atoms with Gasteiger partial charge in [0.2, 0.25) is 0 Å². The number of likely N-dealkylation sites (tertiary alicyclic amines) is 1. The van der Waals surface area contributed by atoms with Gasteiger partial charge < -0.3 is 14.4 Å². The molecule has 0 spiro atoms. The van der Waals surface area contributed by atoms with Crippen molar-refractivity contribution in [1.29, 1.82) is 0 Å². The molecule has 1 unspecified atom stereocenters. The maximum Gasteiger partial charge on any atom is 0.417 e. The molecule has 2 aliphatic rings. The molecule has 3 rings (SSSR count). The molecule has 0 aliphatic carbocycles. The number of ether oxygens (including phenoxy) is 2. The Bertz CT molecular complexity index is 617. The first-order valence-corrected chi connectivity index (χ1v) is 7.57. The van der Waals surface area contributed by atoms with Crippen molar-refractivity contribution < 1.29 is 23.9 Å². The number of benzene rings is 1. The number of rotatable bonds is 4. The van der Waals surface area contributed by atoms with Crippen LogP contribution in [-0.2, 0) is 14.3 Å². The topological polar surface area (TPSA) is 76.2 Å². The van der Waals surface area contributed by atoms with Crippen molar-refractivity contribution >= 4 is 29.5 Å². The highest BCUT2D eigenvalue weighted by Gasteiger charge is 2.41. The predicted octanol–water partition coefficient (Wildman–Crippen LogP) is 1.30. The van der Waals surface area contributed by atoms with E-state index in [0.29, 0.717) is 30.3 Å². The first-order valence-electron chi connectivity index (χ1n) is 7.19. The maximum absolute atomic E-state index is 12.2. The fraction of sp³-hybridized carbons (Fsp3) is 0.400. The molecule has 1 aromatic carbocycles. The second kappa shape index (κ2) is 6.45. The normalized spacial score (nSPS) is 20.8. The van der Waals surface area contributed by atoms with Gasteiger partial charge in [0.15, 0.2) is 13.2 Å². The van der Waals surface area contributed by atoms with E-state index in [0.717, 1.165) is 4.90 Å². The molecule has 0 aromatic heterocycles. The van der Waals surface area contributed by atoms with E-state index in [1.54, 1.807) is 29.2 Å². The number of carbonyl (C=O) groups is 3. The summed E-state index contributed by atoms with van der Waals surface area (Å²) in [6.45, 7) is 0.462. The van der Waals surface area contributed by atoms with Crippen molar-refractivity contribution in [1.82, 2.24) is 9.80 Å². The zero-order valence-electron chi connectivity index (χ0n) is 12.2. The van der Waals surface area contributed by atoms with E-state index >= 15 is 0 Å². The van der Waals surface area contributed by atoms with E-state index in [1.807, 2.05) is 0 Å². The van der Waals surface area contributed by atoms with Crippen molar-refractivity contribution in [2.45, 2.75) is 12.5 Å². The fourth-order valence-corrected chi connectivity index (χ4v) is 2.79. The van der Waals surface area contributed by atoms with Crippen LogP contribution in [0, 0.1) is 0 Å². The van der Waals surface area contributed by atoms with Crippen molar-refractivity contribution in [2.75, 3.05) is 26.3 Å². The van der Waals surface area contributed by atoms with Crippen molar-refractivity contribution in [3.05, 3.63) is 29.3 Å². The lowest BCUT2D eigenvalue weighted by atomic mass is 10.2. The molecule has 7 nitrogen and oxygen atoms in total. The van der Waals surface area contributed by atoms with Crippen molar-refractivity contribution in [2.24, 2.45) is 0 Å². The summed E-state index contributed by atoms with van der Waals surface area (Å²) in [5.41, 5.74) is 0. The Kier molecular flexibility index (Phi) is 4.38. The first kappa shape index (κ1) is 15.6. The van der Waals surface area contributed by atoms with Gasteiger partial charge in [-0.2, -0.15) is 0 Å². The summed E-state index contributed by atoms with van der Waals surface area (Å²) in [5.74, 6) is 0.00553. The molecule has 23 heavy (non-hydrogen) atoms. The smallest absolute Gasteiger partial charge is 0.417 e. The molecule has 2 fully saturated rings. The number of hydrogen-bond donors (Lipinski definition) is 0. The Balaban J connectivity index is 1.52. The van der Waals surface area contributed by atoms with E-state index in [9.17, 15) is 14.4 Å². The monoisotopic (exact) mass is 338 g/mol. The molecular formula is C15H15ClN2O5. The van der Waals surface area contributed by atoms with Gasteiger partial charge in [-0.05, 0) is 30.7 Å². The third kappa shape index (κ3) is 3.39. The second-order valence-electron chi connectivity index (χ2n) is 5.34. The van der Waals surface area contributed by atoms with E-state index in [4.69, 9.17) is 21.1 Å². The molecule has 1 atom stereocenters. The average molecular weight is 339 g/mol. The average Bonchev–Trinajstić information content (AvgIpc) is 3.13. The summed E-state index contributed by atoms with van der Waals surface area (Å²) in [6.07, 6.45) is -0.0835. The van der Waals surface area contributed by atoms with E-state index in [2.05, 4.69) is 0 Å². The molecule has 3 amide bonds. The van der Waals surface area contributed by atoms with E-state index in [1.165, 1.54) is 0 Å². The summed E-state index contributed by atoms with van der Waals surface area (Å²) in [5, 5.41) is 0.591. The van der Waals surface area contributed by atoms with Crippen LogP contribution < -0.4 is 4.74 Å². The van der Waals surface area contributed by atoms with Crippen LogP contribution >= 0.6 is 11.6 Å². The molecular weight excluding hydrogens is 324 g/mol. The number of cyclic esters (lactones) is 1. The third-order valence-corrected chi connectivity index (χ3v) is 4.09. The first-order chi connectivity index (χ1) is 11.0. The Labute approximate surface area is 137 Å². The van der Waals surface area contributed by atoms with Crippen LogP contribution in [-0.4, -0.2) is 60.1 Å². The largest absolute Gasteiger partial charge is 0.484 e. The number of amides is 3. The molecule has 2 aliphatic heterocycles. The SMILES string of the molecule is O=C(COc1ccc(Cl)cc1)N1CCC(N2C(=O)COC2=O)C1. The Morgan fingerprint density at radius 2 is 2.04 bits per heavy atom. The molecule has 0 bridgehead atoms. The van der Waals surface area contributed by atoms with Gasteiger partial charge in [-0.1, -0.05) is 11.6 Å². The van der Waals surface area contributed by atoms with Crippen LogP contribution in [0.4, 0.5) is 4.79 Å². The highest BCUT2D eigenvalue weighted by molar-refractivity contribution is 6.30. The predicted molar refractivity (Wildman–Crippen MR) is 80.1 cm³/mol. The summed E-state index contributed by atoms with van der Waals surface area (Å²) in [6, 6.07) is 6.40. The molecule has 8 heteroatoms. The van der Waals surface area contributed by atoms with Gasteiger partial charge in [-0.3, -0.25) is 9.59 Å². The number of halogens is 1. The third-order valence-electron chi connectivity index (χ3n) is 3.84. The highest BCUT2D eigenvalue weighted by atomic mass is 35.5. The minimum Gasteiger partial charge on any atom is -0.484 e. The van der Waals surface area contributed by atoms with E-state index < -0.39 is 6.09 Å². The van der Waals surface area contributed by atoms with Gasteiger partial charge in [0.1, 0.15) is 5.75 Å². The number of nitrogens with zero attached hydrogens (tertiary/aromatic N) is 2. The summed E-state index contributed by atoms with van der Waals surface area (Å²) in [7, 11) is 0. The standard InChI is InChI=1S/C15H15ClN2O5/c16-10-1-3-12(4-2-10)22-8-13(19)17-6-5-11(7-17)18-14(20)9-23-15(18)21/h1-4,11H,5-9H2. The Hall–Kier alpha value is -2.28. The molecule has 0 saturated carbocycles. The second-order valence-corrected chi connectivity index (χ2v) is 5.78. The summed E-state index contributed by atoms with van der Waals surface area (Å²) >= 11 is 5.78. The number of hydrogen-bond acceptors (Lipinski definition) is 5. The molecule has 122 valence electrons. The lowest BCUT2D eigenvalue weighted by molar-refractivity contribution is -0.133. The quantitative estimate of drug-likeness (QED) is 0.827. The Morgan fingerprint density at radius 3 is 2.70 bits per heavy atom. The number of imide groups is 1. The maximum atomic E-state index is 12.2. The van der Waals surface area contributed by atoms with Crippen LogP contribution in [0.5, 0.6) is 5.75 Å². The van der Waals surface area contributed by atoms with Gasteiger partial charge in [-0.15, -0.1) is 0 Å². The van der Waals surface area contributed by atoms with Crippen LogP contribution in [0.2, 0.25) is 5.02 Å². The zero-order chi connectivity index (χ0) is 16.4. The number of carbonyl (C=O) groups excluding carboxylic acids is 3. The summed E-state index contributed by atoms with van der Waals surface area (Å²) < 4.78 is 10.1.